The lowest BCUT2D eigenvalue weighted by Crippen LogP contribution is -2.17. The van der Waals surface area contributed by atoms with Crippen molar-refractivity contribution in [2.75, 3.05) is 0 Å². The number of hydrogen-bond acceptors (Lipinski definition) is 2. The van der Waals surface area contributed by atoms with Gasteiger partial charge in [-0.3, -0.25) is 4.79 Å². The Labute approximate surface area is 84.6 Å². The highest BCUT2D eigenvalue weighted by molar-refractivity contribution is 5.72. The molecule has 3 atom stereocenters. The van der Waals surface area contributed by atoms with E-state index >= 15 is 0 Å². The van der Waals surface area contributed by atoms with Crippen molar-refractivity contribution in [3.05, 3.63) is 24.3 Å². The van der Waals surface area contributed by atoms with E-state index in [-0.39, 0.29) is 12.1 Å². The molecular formula is C12H16O2. The Morgan fingerprint density at radius 1 is 1.64 bits per heavy atom. The smallest absolute Gasteiger partial charge is 0.306 e. The van der Waals surface area contributed by atoms with Gasteiger partial charge in [0.15, 0.2) is 0 Å². The van der Waals surface area contributed by atoms with Gasteiger partial charge in [0.25, 0.3) is 0 Å². The van der Waals surface area contributed by atoms with Crippen LogP contribution in [0.4, 0.5) is 0 Å². The Morgan fingerprint density at radius 2 is 2.43 bits per heavy atom. The highest BCUT2D eigenvalue weighted by Crippen LogP contribution is 2.35. The molecule has 1 aliphatic heterocycles. The first-order valence-corrected chi connectivity index (χ1v) is 5.22. The van der Waals surface area contributed by atoms with Crippen LogP contribution >= 0.6 is 0 Å². The molecule has 0 spiro atoms. The number of esters is 1. The van der Waals surface area contributed by atoms with Crippen LogP contribution in [0.1, 0.15) is 26.2 Å². The molecular weight excluding hydrogens is 176 g/mol. The fraction of sp³-hybridized carbons (Fsp3) is 0.583. The second-order valence-electron chi connectivity index (χ2n) is 4.27. The molecule has 1 saturated heterocycles. The van der Waals surface area contributed by atoms with Gasteiger partial charge < -0.3 is 4.74 Å². The first-order valence-electron chi connectivity index (χ1n) is 5.22. The van der Waals surface area contributed by atoms with Crippen LogP contribution in [-0.4, -0.2) is 12.1 Å². The highest BCUT2D eigenvalue weighted by atomic mass is 16.5. The molecule has 0 N–H and O–H groups in total. The Morgan fingerprint density at radius 3 is 3.14 bits per heavy atom. The number of rotatable bonds is 1. The van der Waals surface area contributed by atoms with Gasteiger partial charge in [0, 0.05) is 5.92 Å². The molecule has 2 heteroatoms. The summed E-state index contributed by atoms with van der Waals surface area (Å²) in [5, 5.41) is 0. The third-order valence-corrected chi connectivity index (χ3v) is 3.28. The van der Waals surface area contributed by atoms with E-state index in [1.165, 1.54) is 5.57 Å². The van der Waals surface area contributed by atoms with E-state index in [0.717, 1.165) is 12.8 Å². The molecule has 0 unspecified atom stereocenters. The fourth-order valence-corrected chi connectivity index (χ4v) is 2.39. The fourth-order valence-electron chi connectivity index (χ4n) is 2.39. The Balaban J connectivity index is 2.15. The zero-order valence-electron chi connectivity index (χ0n) is 8.53. The largest absolute Gasteiger partial charge is 0.462 e. The van der Waals surface area contributed by atoms with Crippen molar-refractivity contribution >= 4 is 5.97 Å². The lowest BCUT2D eigenvalue weighted by atomic mass is 9.93. The average Bonchev–Trinajstić information content (AvgIpc) is 2.40. The first kappa shape index (κ1) is 9.50. The van der Waals surface area contributed by atoms with Gasteiger partial charge in [0.1, 0.15) is 6.10 Å². The predicted molar refractivity (Wildman–Crippen MR) is 54.7 cm³/mol. The second kappa shape index (κ2) is 3.60. The van der Waals surface area contributed by atoms with Gasteiger partial charge in [-0.05, 0) is 24.3 Å². The molecule has 14 heavy (non-hydrogen) atoms. The van der Waals surface area contributed by atoms with Gasteiger partial charge in [-0.1, -0.05) is 25.7 Å². The molecule has 76 valence electrons. The van der Waals surface area contributed by atoms with Crippen molar-refractivity contribution < 1.29 is 9.53 Å². The molecule has 0 aromatic rings. The van der Waals surface area contributed by atoms with E-state index in [2.05, 4.69) is 19.6 Å². The molecule has 0 aromatic carbocycles. The summed E-state index contributed by atoms with van der Waals surface area (Å²) in [6, 6.07) is 0. The van der Waals surface area contributed by atoms with Crippen LogP contribution in [0.25, 0.3) is 0 Å². The summed E-state index contributed by atoms with van der Waals surface area (Å²) >= 11 is 0. The molecule has 0 amide bonds. The molecule has 2 rings (SSSR count). The molecule has 1 heterocycles. The normalized spacial score (nSPS) is 36.8. The first-order chi connectivity index (χ1) is 6.70. The van der Waals surface area contributed by atoms with Gasteiger partial charge >= 0.3 is 5.97 Å². The van der Waals surface area contributed by atoms with Crippen LogP contribution in [-0.2, 0) is 9.53 Å². The van der Waals surface area contributed by atoms with Gasteiger partial charge in [-0.2, -0.15) is 0 Å². The summed E-state index contributed by atoms with van der Waals surface area (Å²) < 4.78 is 5.30. The average molecular weight is 192 g/mol. The van der Waals surface area contributed by atoms with Crippen LogP contribution in [0.2, 0.25) is 0 Å². The minimum absolute atomic E-state index is 0.0253. The van der Waals surface area contributed by atoms with Crippen LogP contribution in [0.3, 0.4) is 0 Å². The number of fused-ring (bicyclic) bond motifs is 1. The molecule has 0 radical (unpaired) electrons. The van der Waals surface area contributed by atoms with Crippen molar-refractivity contribution in [3.63, 3.8) is 0 Å². The van der Waals surface area contributed by atoms with Crippen LogP contribution in [0, 0.1) is 11.8 Å². The van der Waals surface area contributed by atoms with E-state index in [1.807, 2.05) is 6.08 Å². The van der Waals surface area contributed by atoms with Crippen LogP contribution in [0.15, 0.2) is 24.3 Å². The van der Waals surface area contributed by atoms with E-state index in [1.54, 1.807) is 0 Å². The maximum absolute atomic E-state index is 11.1. The molecule has 2 aliphatic rings. The third kappa shape index (κ3) is 1.61. The maximum Gasteiger partial charge on any atom is 0.306 e. The Kier molecular flexibility index (Phi) is 2.44. The van der Waals surface area contributed by atoms with Gasteiger partial charge in [-0.15, -0.1) is 0 Å². The zero-order valence-corrected chi connectivity index (χ0v) is 8.53. The summed E-state index contributed by atoms with van der Waals surface area (Å²) in [5.74, 6) is 0.846. The summed E-state index contributed by atoms with van der Waals surface area (Å²) in [5.41, 5.74) is 1.30. The number of allylic oxidation sites excluding steroid dienone is 3. The summed E-state index contributed by atoms with van der Waals surface area (Å²) in [6.07, 6.45) is 6.79. The maximum atomic E-state index is 11.1. The third-order valence-electron chi connectivity index (χ3n) is 3.28. The number of carbonyl (C=O) groups excluding carboxylic acids is 1. The van der Waals surface area contributed by atoms with Gasteiger partial charge in [0.05, 0.1) is 6.42 Å². The van der Waals surface area contributed by atoms with Crippen molar-refractivity contribution in [3.8, 4) is 0 Å². The molecule has 0 saturated carbocycles. The zero-order chi connectivity index (χ0) is 10.1. The number of carbonyl (C=O) groups is 1. The van der Waals surface area contributed by atoms with Crippen molar-refractivity contribution in [2.24, 2.45) is 11.8 Å². The minimum Gasteiger partial charge on any atom is -0.462 e. The predicted octanol–water partition coefficient (Wildman–Crippen LogP) is 2.46. The molecule has 0 aromatic heterocycles. The lowest BCUT2D eigenvalue weighted by molar-refractivity contribution is -0.141. The van der Waals surface area contributed by atoms with Crippen molar-refractivity contribution in [2.45, 2.75) is 32.3 Å². The van der Waals surface area contributed by atoms with Crippen molar-refractivity contribution in [1.29, 1.82) is 0 Å². The van der Waals surface area contributed by atoms with E-state index in [0.29, 0.717) is 18.3 Å². The number of hydrogen-bond donors (Lipinski definition) is 0. The van der Waals surface area contributed by atoms with Crippen LogP contribution in [0.5, 0.6) is 0 Å². The molecule has 2 nitrogen and oxygen atoms in total. The van der Waals surface area contributed by atoms with Crippen LogP contribution < -0.4 is 0 Å². The number of ether oxygens (including phenoxy) is 1. The molecule has 1 fully saturated rings. The Hall–Kier alpha value is -1.05. The Bertz CT molecular complexity index is 291. The van der Waals surface area contributed by atoms with Gasteiger partial charge in [0.2, 0.25) is 0 Å². The molecule has 1 aliphatic carbocycles. The standard InChI is InChI=1S/C12H16O2/c1-3-9-4-5-10-7-12(13)14-11(10)6-8(9)2/h3-4,8,10-11H,1,5-7H2,2H3/t8-,10+,11+/m0/s1. The highest BCUT2D eigenvalue weighted by Gasteiger charge is 2.36. The summed E-state index contributed by atoms with van der Waals surface area (Å²) in [6.45, 7) is 5.98. The second-order valence-corrected chi connectivity index (χ2v) is 4.27. The quantitative estimate of drug-likeness (QED) is 0.596. The summed E-state index contributed by atoms with van der Waals surface area (Å²) in [4.78, 5) is 11.1. The summed E-state index contributed by atoms with van der Waals surface area (Å²) in [7, 11) is 0. The minimum atomic E-state index is -0.0253. The monoisotopic (exact) mass is 192 g/mol. The van der Waals surface area contributed by atoms with E-state index in [4.69, 9.17) is 4.74 Å². The molecule has 0 bridgehead atoms. The van der Waals surface area contributed by atoms with Gasteiger partial charge in [-0.25, -0.2) is 0 Å². The SMILES string of the molecule is C=CC1=CC[C@@H]2CC(=O)O[C@@H]2C[C@@H]1C. The lowest BCUT2D eigenvalue weighted by Gasteiger charge is -2.16. The van der Waals surface area contributed by atoms with E-state index in [9.17, 15) is 4.79 Å². The topological polar surface area (TPSA) is 26.3 Å². The van der Waals surface area contributed by atoms with E-state index < -0.39 is 0 Å². The van der Waals surface area contributed by atoms with Crippen molar-refractivity contribution in [1.82, 2.24) is 0 Å².